The highest BCUT2D eigenvalue weighted by Crippen LogP contribution is 2.21. The quantitative estimate of drug-likeness (QED) is 0.815. The van der Waals surface area contributed by atoms with Crippen LogP contribution in [0.5, 0.6) is 0 Å². The number of nitrogens with two attached hydrogens (primary N) is 1. The zero-order chi connectivity index (χ0) is 12.8. The molecule has 17 heavy (non-hydrogen) atoms. The fourth-order valence-corrected chi connectivity index (χ4v) is 1.93. The third kappa shape index (κ3) is 4.78. The Morgan fingerprint density at radius 3 is 2.12 bits per heavy atom. The summed E-state index contributed by atoms with van der Waals surface area (Å²) >= 11 is 0. The lowest BCUT2D eigenvalue weighted by atomic mass is 9.98. The average molecular weight is 234 g/mol. The molecule has 2 nitrogen and oxygen atoms in total. The van der Waals surface area contributed by atoms with E-state index in [1.165, 1.54) is 24.1 Å². The molecule has 0 radical (unpaired) electrons. The van der Waals surface area contributed by atoms with Gasteiger partial charge in [0.25, 0.3) is 0 Å². The summed E-state index contributed by atoms with van der Waals surface area (Å²) in [5.41, 5.74) is 8.67. The van der Waals surface area contributed by atoms with Crippen LogP contribution in [0.15, 0.2) is 24.3 Å². The molecule has 1 aromatic rings. The van der Waals surface area contributed by atoms with Crippen molar-refractivity contribution in [2.75, 3.05) is 19.0 Å². The maximum absolute atomic E-state index is 6.19. The van der Waals surface area contributed by atoms with Gasteiger partial charge >= 0.3 is 0 Å². The van der Waals surface area contributed by atoms with Crippen molar-refractivity contribution in [2.45, 2.75) is 39.2 Å². The van der Waals surface area contributed by atoms with Gasteiger partial charge in [-0.1, -0.05) is 38.8 Å². The van der Waals surface area contributed by atoms with Crippen molar-refractivity contribution < 1.29 is 0 Å². The summed E-state index contributed by atoms with van der Waals surface area (Å²) in [5, 5.41) is 0. The van der Waals surface area contributed by atoms with Crippen LogP contribution >= 0.6 is 0 Å². The summed E-state index contributed by atoms with van der Waals surface area (Å²) in [6.07, 6.45) is 3.57. The molecule has 96 valence electrons. The van der Waals surface area contributed by atoms with E-state index in [4.69, 9.17) is 5.73 Å². The summed E-state index contributed by atoms with van der Waals surface area (Å²) in [6, 6.07) is 8.75. The molecule has 1 unspecified atom stereocenters. The van der Waals surface area contributed by atoms with Gasteiger partial charge in [-0.2, -0.15) is 0 Å². The molecule has 0 aromatic heterocycles. The first-order chi connectivity index (χ1) is 8.00. The van der Waals surface area contributed by atoms with Crippen LogP contribution in [0.25, 0.3) is 0 Å². The van der Waals surface area contributed by atoms with Crippen LogP contribution in [0.1, 0.15) is 44.7 Å². The summed E-state index contributed by atoms with van der Waals surface area (Å²) in [5.74, 6) is 0.776. The Hall–Kier alpha value is -1.02. The van der Waals surface area contributed by atoms with Crippen molar-refractivity contribution >= 4 is 5.69 Å². The number of hydrogen-bond acceptors (Lipinski definition) is 2. The van der Waals surface area contributed by atoms with E-state index in [2.05, 4.69) is 57.1 Å². The highest BCUT2D eigenvalue weighted by molar-refractivity contribution is 5.46. The van der Waals surface area contributed by atoms with Crippen molar-refractivity contribution in [3.63, 3.8) is 0 Å². The van der Waals surface area contributed by atoms with Crippen LogP contribution in [0.2, 0.25) is 0 Å². The van der Waals surface area contributed by atoms with Crippen molar-refractivity contribution in [3.8, 4) is 0 Å². The van der Waals surface area contributed by atoms with Crippen molar-refractivity contribution in [1.82, 2.24) is 0 Å². The smallest absolute Gasteiger partial charge is 0.0361 e. The molecule has 0 aliphatic heterocycles. The zero-order valence-electron chi connectivity index (χ0n) is 11.6. The first-order valence-electron chi connectivity index (χ1n) is 6.53. The second-order valence-electron chi connectivity index (χ2n) is 5.42. The van der Waals surface area contributed by atoms with Gasteiger partial charge in [-0.25, -0.2) is 0 Å². The number of rotatable bonds is 6. The molecule has 0 saturated carbocycles. The highest BCUT2D eigenvalue weighted by atomic mass is 15.1. The third-order valence-corrected chi connectivity index (χ3v) is 3.13. The van der Waals surface area contributed by atoms with Gasteiger partial charge in [-0.15, -0.1) is 0 Å². The van der Waals surface area contributed by atoms with Gasteiger partial charge < -0.3 is 10.6 Å². The van der Waals surface area contributed by atoms with Gasteiger partial charge in [-0.3, -0.25) is 0 Å². The number of benzene rings is 1. The summed E-state index contributed by atoms with van der Waals surface area (Å²) in [4.78, 5) is 2.11. The van der Waals surface area contributed by atoms with Crippen LogP contribution in [-0.2, 0) is 0 Å². The monoisotopic (exact) mass is 234 g/mol. The lowest BCUT2D eigenvalue weighted by molar-refractivity contribution is 0.505. The van der Waals surface area contributed by atoms with E-state index < -0.39 is 0 Å². The molecule has 0 amide bonds. The van der Waals surface area contributed by atoms with Gasteiger partial charge in [0.1, 0.15) is 0 Å². The van der Waals surface area contributed by atoms with E-state index in [-0.39, 0.29) is 6.04 Å². The first kappa shape index (κ1) is 14.0. The number of anilines is 1. The van der Waals surface area contributed by atoms with E-state index in [0.29, 0.717) is 0 Å². The topological polar surface area (TPSA) is 29.3 Å². The second kappa shape index (κ2) is 6.65. The van der Waals surface area contributed by atoms with Gasteiger partial charge in [0.15, 0.2) is 0 Å². The van der Waals surface area contributed by atoms with Gasteiger partial charge in [-0.05, 0) is 30.0 Å². The molecule has 1 aromatic carbocycles. The predicted octanol–water partition coefficient (Wildman–Crippen LogP) is 3.58. The molecule has 1 atom stereocenters. The SMILES string of the molecule is CC(C)CCCC(N)c1ccc(N(C)C)cc1. The maximum Gasteiger partial charge on any atom is 0.0361 e. The summed E-state index contributed by atoms with van der Waals surface area (Å²) in [6.45, 7) is 4.52. The van der Waals surface area contributed by atoms with Crippen LogP contribution in [-0.4, -0.2) is 14.1 Å². The minimum absolute atomic E-state index is 0.185. The molecule has 0 heterocycles. The molecule has 0 aliphatic carbocycles. The Bertz CT molecular complexity index is 314. The number of nitrogens with zero attached hydrogens (tertiary/aromatic N) is 1. The van der Waals surface area contributed by atoms with Gasteiger partial charge in [0.05, 0.1) is 0 Å². The van der Waals surface area contributed by atoms with E-state index in [0.717, 1.165) is 12.3 Å². The largest absolute Gasteiger partial charge is 0.378 e. The van der Waals surface area contributed by atoms with E-state index >= 15 is 0 Å². The molecule has 2 heteroatoms. The van der Waals surface area contributed by atoms with Crippen LogP contribution in [0, 0.1) is 5.92 Å². The van der Waals surface area contributed by atoms with Gasteiger partial charge in [0.2, 0.25) is 0 Å². The molecule has 2 N–H and O–H groups in total. The van der Waals surface area contributed by atoms with E-state index in [1.807, 2.05) is 0 Å². The van der Waals surface area contributed by atoms with E-state index in [9.17, 15) is 0 Å². The minimum Gasteiger partial charge on any atom is -0.378 e. The molecule has 1 rings (SSSR count). The standard InChI is InChI=1S/C15H26N2/c1-12(2)6-5-7-15(16)13-8-10-14(11-9-13)17(3)4/h8-12,15H,5-7,16H2,1-4H3. The van der Waals surface area contributed by atoms with Crippen molar-refractivity contribution in [2.24, 2.45) is 11.7 Å². The third-order valence-electron chi connectivity index (χ3n) is 3.13. The summed E-state index contributed by atoms with van der Waals surface area (Å²) in [7, 11) is 4.11. The minimum atomic E-state index is 0.185. The predicted molar refractivity (Wildman–Crippen MR) is 76.4 cm³/mol. The molecule has 0 bridgehead atoms. The Balaban J connectivity index is 2.48. The molecule has 0 fully saturated rings. The highest BCUT2D eigenvalue weighted by Gasteiger charge is 2.06. The lowest BCUT2D eigenvalue weighted by Gasteiger charge is -2.16. The zero-order valence-corrected chi connectivity index (χ0v) is 11.6. The molecule has 0 saturated heterocycles. The van der Waals surface area contributed by atoms with Crippen molar-refractivity contribution in [1.29, 1.82) is 0 Å². The molecular formula is C15H26N2. The van der Waals surface area contributed by atoms with Crippen LogP contribution in [0.4, 0.5) is 5.69 Å². The fraction of sp³-hybridized carbons (Fsp3) is 0.600. The molecular weight excluding hydrogens is 208 g/mol. The average Bonchev–Trinajstić information content (AvgIpc) is 2.28. The second-order valence-corrected chi connectivity index (χ2v) is 5.42. The molecule has 0 aliphatic rings. The van der Waals surface area contributed by atoms with Gasteiger partial charge in [0, 0.05) is 25.8 Å². The Kier molecular flexibility index (Phi) is 5.49. The Labute approximate surface area is 106 Å². The Morgan fingerprint density at radius 2 is 1.65 bits per heavy atom. The number of hydrogen-bond donors (Lipinski definition) is 1. The Morgan fingerprint density at radius 1 is 1.06 bits per heavy atom. The van der Waals surface area contributed by atoms with E-state index in [1.54, 1.807) is 0 Å². The lowest BCUT2D eigenvalue weighted by Crippen LogP contribution is -2.12. The molecule has 0 spiro atoms. The maximum atomic E-state index is 6.19. The van der Waals surface area contributed by atoms with Crippen LogP contribution < -0.4 is 10.6 Å². The first-order valence-corrected chi connectivity index (χ1v) is 6.53. The summed E-state index contributed by atoms with van der Waals surface area (Å²) < 4.78 is 0. The normalized spacial score (nSPS) is 12.8. The fourth-order valence-electron chi connectivity index (χ4n) is 1.93. The van der Waals surface area contributed by atoms with Crippen LogP contribution in [0.3, 0.4) is 0 Å². The van der Waals surface area contributed by atoms with Crippen molar-refractivity contribution in [3.05, 3.63) is 29.8 Å².